The van der Waals surface area contributed by atoms with E-state index in [2.05, 4.69) is 217 Å². The van der Waals surface area contributed by atoms with Gasteiger partial charge in [-0.1, -0.05) is 172 Å². The fourth-order valence-electron chi connectivity index (χ4n) is 10.5. The van der Waals surface area contributed by atoms with Gasteiger partial charge >= 0.3 is 0 Å². The maximum Gasteiger partial charge on any atom is 0.164 e. The van der Waals surface area contributed by atoms with E-state index in [0.29, 0.717) is 17.5 Å². The predicted molar refractivity (Wildman–Crippen MR) is 268 cm³/mol. The molecule has 0 unspecified atom stereocenters. The van der Waals surface area contributed by atoms with Crippen LogP contribution in [0.5, 0.6) is 0 Å². The SMILES string of the molecule is CC1(C)c2ccccc2-c2ccc(-c3nc(-c4ccccc4)nc(-c4cc(-c5ccccc5)cc(-n5c6ccccc6c6c(-n7c8ccccc8c8ccccc87)cccc65)c4)n3)cc21. The molecule has 0 bridgehead atoms. The van der Waals surface area contributed by atoms with E-state index in [1.165, 1.54) is 54.8 Å². The molecule has 9 aromatic carbocycles. The third-order valence-electron chi connectivity index (χ3n) is 13.5. The zero-order valence-electron chi connectivity index (χ0n) is 35.9. The van der Waals surface area contributed by atoms with Gasteiger partial charge < -0.3 is 9.13 Å². The van der Waals surface area contributed by atoms with Gasteiger partial charge in [-0.3, -0.25) is 0 Å². The zero-order valence-corrected chi connectivity index (χ0v) is 35.9. The van der Waals surface area contributed by atoms with Crippen molar-refractivity contribution in [3.05, 3.63) is 223 Å². The van der Waals surface area contributed by atoms with Gasteiger partial charge in [0, 0.05) is 49.3 Å². The first-order chi connectivity index (χ1) is 32.0. The smallest absolute Gasteiger partial charge is 0.164 e. The van der Waals surface area contributed by atoms with Crippen molar-refractivity contribution in [3.63, 3.8) is 0 Å². The summed E-state index contributed by atoms with van der Waals surface area (Å²) >= 11 is 0. The van der Waals surface area contributed by atoms with Crippen molar-refractivity contribution in [1.29, 1.82) is 0 Å². The molecule has 5 nitrogen and oxygen atoms in total. The molecule has 0 saturated carbocycles. The van der Waals surface area contributed by atoms with Gasteiger partial charge in [0.25, 0.3) is 0 Å². The van der Waals surface area contributed by atoms with Gasteiger partial charge in [-0.05, 0) is 88.0 Å². The monoisotopic (exact) mass is 831 g/mol. The van der Waals surface area contributed by atoms with E-state index in [9.17, 15) is 0 Å². The van der Waals surface area contributed by atoms with E-state index in [1.54, 1.807) is 0 Å². The quantitative estimate of drug-likeness (QED) is 0.168. The number of hydrogen-bond acceptors (Lipinski definition) is 3. The summed E-state index contributed by atoms with van der Waals surface area (Å²) in [5.41, 5.74) is 16.8. The van der Waals surface area contributed by atoms with Crippen molar-refractivity contribution < 1.29 is 0 Å². The second-order valence-corrected chi connectivity index (χ2v) is 17.6. The summed E-state index contributed by atoms with van der Waals surface area (Å²) < 4.78 is 4.85. The Hall–Kier alpha value is -8.41. The molecule has 65 heavy (non-hydrogen) atoms. The first kappa shape index (κ1) is 37.2. The van der Waals surface area contributed by atoms with E-state index < -0.39 is 0 Å². The Morgan fingerprint density at radius 3 is 1.57 bits per heavy atom. The molecule has 0 spiro atoms. The number of para-hydroxylation sites is 3. The van der Waals surface area contributed by atoms with E-state index in [1.807, 2.05) is 18.2 Å². The molecular formula is C60H41N5. The summed E-state index contributed by atoms with van der Waals surface area (Å²) in [7, 11) is 0. The van der Waals surface area contributed by atoms with Crippen molar-refractivity contribution in [2.45, 2.75) is 19.3 Å². The normalized spacial score (nSPS) is 12.9. The fourth-order valence-corrected chi connectivity index (χ4v) is 10.5. The lowest BCUT2D eigenvalue weighted by Gasteiger charge is -2.21. The van der Waals surface area contributed by atoms with Crippen LogP contribution in [0.3, 0.4) is 0 Å². The van der Waals surface area contributed by atoms with Crippen molar-refractivity contribution in [2.75, 3.05) is 0 Å². The number of hydrogen-bond donors (Lipinski definition) is 0. The topological polar surface area (TPSA) is 48.5 Å². The highest BCUT2D eigenvalue weighted by Crippen LogP contribution is 2.49. The molecule has 0 radical (unpaired) electrons. The van der Waals surface area contributed by atoms with Crippen LogP contribution in [0, 0.1) is 0 Å². The van der Waals surface area contributed by atoms with Crippen LogP contribution >= 0.6 is 0 Å². The molecule has 0 atom stereocenters. The molecule has 13 rings (SSSR count). The lowest BCUT2D eigenvalue weighted by Crippen LogP contribution is -2.15. The molecule has 0 fully saturated rings. The molecule has 306 valence electrons. The second-order valence-electron chi connectivity index (χ2n) is 17.6. The third-order valence-corrected chi connectivity index (χ3v) is 13.5. The number of rotatable bonds is 6. The summed E-state index contributed by atoms with van der Waals surface area (Å²) in [4.78, 5) is 15.9. The Morgan fingerprint density at radius 2 is 0.862 bits per heavy atom. The molecule has 0 amide bonds. The van der Waals surface area contributed by atoms with Crippen LogP contribution in [0.4, 0.5) is 0 Å². The van der Waals surface area contributed by atoms with Crippen LogP contribution in [-0.2, 0) is 5.41 Å². The standard InChI is InChI=1S/C60H41N5/c1-60(2)49-26-13-9-22-44(49)45-33-32-40(37-50(45)60)58-61-57(39-20-7-4-8-21-39)62-59(63-58)42-34-41(38-18-5-3-6-19-38)35-43(36-42)64-53-29-16-12-25-48(53)56-54(64)30-17-31-55(56)65-51-27-14-10-23-46(51)47-24-11-15-28-52(47)65/h3-37H,1-2H3. The minimum Gasteiger partial charge on any atom is -0.309 e. The van der Waals surface area contributed by atoms with Crippen LogP contribution in [-0.4, -0.2) is 24.1 Å². The van der Waals surface area contributed by atoms with Crippen LogP contribution in [0.25, 0.3) is 111 Å². The van der Waals surface area contributed by atoms with Gasteiger partial charge in [0.1, 0.15) is 0 Å². The fraction of sp³-hybridized carbons (Fsp3) is 0.0500. The van der Waals surface area contributed by atoms with Crippen molar-refractivity contribution >= 4 is 43.6 Å². The molecule has 3 heterocycles. The lowest BCUT2D eigenvalue weighted by molar-refractivity contribution is 0.660. The van der Waals surface area contributed by atoms with Gasteiger partial charge in [0.05, 0.1) is 27.8 Å². The van der Waals surface area contributed by atoms with E-state index in [0.717, 1.165) is 50.2 Å². The minimum atomic E-state index is -0.164. The largest absolute Gasteiger partial charge is 0.309 e. The molecule has 12 aromatic rings. The summed E-state index contributed by atoms with van der Waals surface area (Å²) in [6, 6.07) is 76.1. The van der Waals surface area contributed by atoms with Crippen LogP contribution in [0.1, 0.15) is 25.0 Å². The van der Waals surface area contributed by atoms with Crippen molar-refractivity contribution in [1.82, 2.24) is 24.1 Å². The number of aromatic nitrogens is 5. The Morgan fingerprint density at radius 1 is 0.338 bits per heavy atom. The van der Waals surface area contributed by atoms with E-state index in [-0.39, 0.29) is 5.41 Å². The molecule has 0 saturated heterocycles. The summed E-state index contributed by atoms with van der Waals surface area (Å²) in [5.74, 6) is 1.89. The summed E-state index contributed by atoms with van der Waals surface area (Å²) in [6.45, 7) is 4.62. The maximum absolute atomic E-state index is 5.37. The van der Waals surface area contributed by atoms with Gasteiger partial charge in [-0.15, -0.1) is 0 Å². The summed E-state index contributed by atoms with van der Waals surface area (Å²) in [5, 5.41) is 4.85. The Labute approximate surface area is 376 Å². The molecule has 1 aliphatic carbocycles. The van der Waals surface area contributed by atoms with Gasteiger partial charge in [0.2, 0.25) is 0 Å². The van der Waals surface area contributed by atoms with Crippen molar-refractivity contribution in [3.8, 4) is 67.8 Å². The van der Waals surface area contributed by atoms with Gasteiger partial charge in [-0.25, -0.2) is 15.0 Å². The number of nitrogens with zero attached hydrogens (tertiary/aromatic N) is 5. The van der Waals surface area contributed by atoms with Crippen LogP contribution in [0.2, 0.25) is 0 Å². The van der Waals surface area contributed by atoms with Crippen LogP contribution < -0.4 is 0 Å². The van der Waals surface area contributed by atoms with Crippen LogP contribution in [0.15, 0.2) is 212 Å². The average molecular weight is 832 g/mol. The molecule has 1 aliphatic rings. The van der Waals surface area contributed by atoms with E-state index in [4.69, 9.17) is 15.0 Å². The van der Waals surface area contributed by atoms with Crippen molar-refractivity contribution in [2.24, 2.45) is 0 Å². The second kappa shape index (κ2) is 14.3. The first-order valence-electron chi connectivity index (χ1n) is 22.3. The first-order valence-corrected chi connectivity index (χ1v) is 22.3. The highest BCUT2D eigenvalue weighted by atomic mass is 15.0. The van der Waals surface area contributed by atoms with E-state index >= 15 is 0 Å². The Balaban J connectivity index is 1.06. The lowest BCUT2D eigenvalue weighted by atomic mass is 9.82. The average Bonchev–Trinajstić information content (AvgIpc) is 3.97. The third kappa shape index (κ3) is 5.75. The van der Waals surface area contributed by atoms with Gasteiger partial charge in [0.15, 0.2) is 17.5 Å². The molecular weight excluding hydrogens is 791 g/mol. The zero-order chi connectivity index (χ0) is 43.2. The molecule has 5 heteroatoms. The summed E-state index contributed by atoms with van der Waals surface area (Å²) in [6.07, 6.45) is 0. The molecule has 0 aliphatic heterocycles. The predicted octanol–water partition coefficient (Wildman–Crippen LogP) is 15.0. The molecule has 0 N–H and O–H groups in total. The number of fused-ring (bicyclic) bond motifs is 9. The van der Waals surface area contributed by atoms with Gasteiger partial charge in [-0.2, -0.15) is 0 Å². The Bertz CT molecular complexity index is 3800. The minimum absolute atomic E-state index is 0.164. The Kier molecular flexibility index (Phi) is 8.18. The number of benzene rings is 9. The molecule has 3 aromatic heterocycles. The highest BCUT2D eigenvalue weighted by Gasteiger charge is 2.35. The maximum atomic E-state index is 5.37. The highest BCUT2D eigenvalue weighted by molar-refractivity contribution is 6.16.